The van der Waals surface area contributed by atoms with Crippen molar-refractivity contribution < 1.29 is 4.74 Å². The van der Waals surface area contributed by atoms with Crippen LogP contribution in [0.2, 0.25) is 0 Å². The first-order chi connectivity index (χ1) is 19.1. The zero-order valence-electron chi connectivity index (χ0n) is 23.4. The molecule has 2 unspecified atom stereocenters. The van der Waals surface area contributed by atoms with E-state index in [4.69, 9.17) is 4.74 Å². The zero-order chi connectivity index (χ0) is 26.9. The first kappa shape index (κ1) is 25.2. The summed E-state index contributed by atoms with van der Waals surface area (Å²) in [6.45, 7) is 10.8. The second-order valence-corrected chi connectivity index (χ2v) is 10.7. The van der Waals surface area contributed by atoms with Gasteiger partial charge in [-0.25, -0.2) is 0 Å². The third-order valence-corrected chi connectivity index (χ3v) is 8.29. The quantitative estimate of drug-likeness (QED) is 0.232. The number of ether oxygens (including phenoxy) is 1. The van der Waals surface area contributed by atoms with Crippen molar-refractivity contribution in [1.82, 2.24) is 0 Å². The van der Waals surface area contributed by atoms with Crippen LogP contribution in [0, 0.1) is 0 Å². The maximum Gasteiger partial charge on any atom is 0.129 e. The maximum absolute atomic E-state index is 6.47. The lowest BCUT2D eigenvalue weighted by atomic mass is 10.2. The van der Waals surface area contributed by atoms with Crippen molar-refractivity contribution >= 4 is 34.1 Å². The van der Waals surface area contributed by atoms with Crippen LogP contribution in [0.3, 0.4) is 0 Å². The summed E-state index contributed by atoms with van der Waals surface area (Å²) in [5.74, 6) is 1.68. The van der Waals surface area contributed by atoms with Gasteiger partial charge in [0.2, 0.25) is 0 Å². The van der Waals surface area contributed by atoms with Gasteiger partial charge >= 0.3 is 0 Å². The Hall–Kier alpha value is -4.12. The van der Waals surface area contributed by atoms with E-state index in [9.17, 15) is 0 Å². The van der Waals surface area contributed by atoms with E-state index in [1.807, 2.05) is 12.1 Å². The molecule has 2 aliphatic rings. The number of fused-ring (bicyclic) bond motifs is 2. The minimum absolute atomic E-state index is 0.477. The Morgan fingerprint density at radius 3 is 1.38 bits per heavy atom. The van der Waals surface area contributed by atoms with Gasteiger partial charge in [0.25, 0.3) is 0 Å². The van der Waals surface area contributed by atoms with Crippen molar-refractivity contribution in [2.75, 3.05) is 32.9 Å². The molecular formula is C34H38N4O. The highest BCUT2D eigenvalue weighted by Gasteiger charge is 2.30. The van der Waals surface area contributed by atoms with E-state index in [1.54, 1.807) is 0 Å². The van der Waals surface area contributed by atoms with Crippen LogP contribution in [0.5, 0.6) is 11.5 Å². The summed E-state index contributed by atoms with van der Waals surface area (Å²) in [6, 6.07) is 35.2. The number of nitrogens with zero attached hydrogens (tertiary/aromatic N) is 4. The van der Waals surface area contributed by atoms with Crippen LogP contribution < -0.4 is 24.3 Å². The molecule has 0 aliphatic carbocycles. The Morgan fingerprint density at radius 1 is 0.564 bits per heavy atom. The lowest BCUT2D eigenvalue weighted by Gasteiger charge is -2.27. The van der Waals surface area contributed by atoms with E-state index in [0.29, 0.717) is 12.1 Å². The van der Waals surface area contributed by atoms with E-state index in [1.165, 1.54) is 22.7 Å². The van der Waals surface area contributed by atoms with Crippen LogP contribution >= 0.6 is 0 Å². The van der Waals surface area contributed by atoms with Crippen molar-refractivity contribution in [1.29, 1.82) is 0 Å². The Kier molecular flexibility index (Phi) is 6.82. The fourth-order valence-electron chi connectivity index (χ4n) is 5.68. The summed E-state index contributed by atoms with van der Waals surface area (Å²) >= 11 is 0. The molecule has 5 nitrogen and oxygen atoms in total. The second kappa shape index (κ2) is 10.6. The number of hydrogen-bond acceptors (Lipinski definition) is 5. The van der Waals surface area contributed by atoms with Gasteiger partial charge in [0, 0.05) is 35.6 Å². The van der Waals surface area contributed by atoms with Crippen molar-refractivity contribution in [2.24, 2.45) is 0 Å². The van der Waals surface area contributed by atoms with Crippen molar-refractivity contribution in [2.45, 2.75) is 52.6 Å². The zero-order valence-corrected chi connectivity index (χ0v) is 23.4. The lowest BCUT2D eigenvalue weighted by molar-refractivity contribution is 0.483. The standard InChI is InChI=1S/C34H38N4O/c1-5-25(3)35-23-37(33-19-9-7-17-31(33)35)27-13-11-15-29(21-27)39-30-16-12-14-28(22-30)38-24-36(26(4)6-2)32-18-8-10-20-34(32)38/h7-22,25-26H,5-6,23-24H2,1-4H3. The third kappa shape index (κ3) is 4.67. The van der Waals surface area contributed by atoms with Gasteiger partial charge in [0.15, 0.2) is 0 Å². The second-order valence-electron chi connectivity index (χ2n) is 10.7. The average Bonchev–Trinajstić information content (AvgIpc) is 3.56. The third-order valence-electron chi connectivity index (χ3n) is 8.29. The summed E-state index contributed by atoms with van der Waals surface area (Å²) in [4.78, 5) is 9.75. The fraction of sp³-hybridized carbons (Fsp3) is 0.294. The van der Waals surface area contributed by atoms with Crippen LogP contribution in [0.4, 0.5) is 34.1 Å². The van der Waals surface area contributed by atoms with Gasteiger partial charge < -0.3 is 24.3 Å². The monoisotopic (exact) mass is 518 g/mol. The van der Waals surface area contributed by atoms with Crippen LogP contribution in [-0.2, 0) is 0 Å². The molecule has 4 aromatic rings. The van der Waals surface area contributed by atoms with Gasteiger partial charge in [-0.1, -0.05) is 50.2 Å². The van der Waals surface area contributed by atoms with Gasteiger partial charge in [-0.3, -0.25) is 0 Å². The maximum atomic E-state index is 6.47. The molecule has 0 saturated heterocycles. The molecule has 0 N–H and O–H groups in total. The fourth-order valence-corrected chi connectivity index (χ4v) is 5.68. The Labute approximate surface area is 232 Å². The summed E-state index contributed by atoms with van der Waals surface area (Å²) in [7, 11) is 0. The molecule has 0 saturated carbocycles. The largest absolute Gasteiger partial charge is 0.457 e. The normalized spacial score (nSPS) is 15.8. The number of hydrogen-bond donors (Lipinski definition) is 0. The first-order valence-electron chi connectivity index (χ1n) is 14.2. The van der Waals surface area contributed by atoms with Crippen molar-refractivity contribution in [3.63, 3.8) is 0 Å². The van der Waals surface area contributed by atoms with Gasteiger partial charge in [0.05, 0.1) is 36.1 Å². The molecule has 0 bridgehead atoms. The van der Waals surface area contributed by atoms with Gasteiger partial charge in [-0.05, 0) is 75.2 Å². The molecule has 0 aromatic heterocycles. The van der Waals surface area contributed by atoms with Gasteiger partial charge in [-0.15, -0.1) is 0 Å². The highest BCUT2D eigenvalue weighted by atomic mass is 16.5. The SMILES string of the molecule is CCC(C)N1CN(c2cccc(Oc3cccc(N4CN(C(C)CC)c5ccccc54)c3)c2)c2ccccc21. The van der Waals surface area contributed by atoms with Crippen molar-refractivity contribution in [3.05, 3.63) is 97.1 Å². The van der Waals surface area contributed by atoms with Crippen LogP contribution in [0.1, 0.15) is 40.5 Å². The van der Waals surface area contributed by atoms with E-state index in [2.05, 4.69) is 132 Å². The number of anilines is 6. The average molecular weight is 519 g/mol. The molecule has 4 aromatic carbocycles. The highest BCUT2D eigenvalue weighted by molar-refractivity contribution is 5.84. The molecule has 0 amide bonds. The highest BCUT2D eigenvalue weighted by Crippen LogP contribution is 2.44. The summed E-state index contributed by atoms with van der Waals surface area (Å²) in [5, 5.41) is 0. The molecular weight excluding hydrogens is 480 g/mol. The number of benzene rings is 4. The minimum atomic E-state index is 0.477. The molecule has 2 heterocycles. The lowest BCUT2D eigenvalue weighted by Crippen LogP contribution is -2.35. The molecule has 0 fully saturated rings. The molecule has 5 heteroatoms. The van der Waals surface area contributed by atoms with E-state index in [-0.39, 0.29) is 0 Å². The van der Waals surface area contributed by atoms with Crippen LogP contribution in [0.15, 0.2) is 97.1 Å². The molecule has 6 rings (SSSR count). The first-order valence-corrected chi connectivity index (χ1v) is 14.2. The minimum Gasteiger partial charge on any atom is -0.457 e. The van der Waals surface area contributed by atoms with Crippen LogP contribution in [-0.4, -0.2) is 25.4 Å². The Balaban J connectivity index is 1.25. The van der Waals surface area contributed by atoms with Crippen LogP contribution in [0.25, 0.3) is 0 Å². The molecule has 39 heavy (non-hydrogen) atoms. The topological polar surface area (TPSA) is 22.2 Å². The molecule has 200 valence electrons. The molecule has 2 atom stereocenters. The van der Waals surface area contributed by atoms with E-state index < -0.39 is 0 Å². The summed E-state index contributed by atoms with van der Waals surface area (Å²) in [5.41, 5.74) is 7.36. The molecule has 0 radical (unpaired) electrons. The number of rotatable bonds is 8. The predicted octanol–water partition coefficient (Wildman–Crippen LogP) is 8.91. The summed E-state index contributed by atoms with van der Waals surface area (Å²) in [6.07, 6.45) is 2.22. The van der Waals surface area contributed by atoms with Gasteiger partial charge in [0.1, 0.15) is 11.5 Å². The Morgan fingerprint density at radius 2 is 0.974 bits per heavy atom. The Bertz CT molecular complexity index is 1340. The summed E-state index contributed by atoms with van der Waals surface area (Å²) < 4.78 is 6.47. The number of para-hydroxylation sites is 4. The predicted molar refractivity (Wildman–Crippen MR) is 164 cm³/mol. The van der Waals surface area contributed by atoms with E-state index in [0.717, 1.165) is 49.1 Å². The van der Waals surface area contributed by atoms with Crippen molar-refractivity contribution in [3.8, 4) is 11.5 Å². The molecule has 0 spiro atoms. The van der Waals surface area contributed by atoms with Gasteiger partial charge in [-0.2, -0.15) is 0 Å². The van der Waals surface area contributed by atoms with E-state index >= 15 is 0 Å². The smallest absolute Gasteiger partial charge is 0.129 e. The molecule has 2 aliphatic heterocycles.